The molecule has 0 saturated carbocycles. The van der Waals surface area contributed by atoms with Crippen molar-refractivity contribution in [2.45, 2.75) is 37.9 Å². The molecule has 0 aliphatic carbocycles. The number of hydrogen-bond donors (Lipinski definition) is 1. The van der Waals surface area contributed by atoms with Crippen molar-refractivity contribution in [3.8, 4) is 0 Å². The van der Waals surface area contributed by atoms with E-state index in [2.05, 4.69) is 17.2 Å². The average Bonchev–Trinajstić information content (AvgIpc) is 2.81. The lowest BCUT2D eigenvalue weighted by Crippen LogP contribution is -2.35. The predicted octanol–water partition coefficient (Wildman–Crippen LogP) is 3.70. The third kappa shape index (κ3) is 2.52. The smallest absolute Gasteiger partial charge is 0.416 e. The van der Waals surface area contributed by atoms with Gasteiger partial charge in [0, 0.05) is 18.5 Å². The summed E-state index contributed by atoms with van der Waals surface area (Å²) >= 11 is 0. The molecule has 20 heavy (non-hydrogen) atoms. The second kappa shape index (κ2) is 4.77. The lowest BCUT2D eigenvalue weighted by Gasteiger charge is -2.25. The van der Waals surface area contributed by atoms with E-state index in [4.69, 9.17) is 4.42 Å². The number of halogens is 3. The maximum atomic E-state index is 12.7. The topological polar surface area (TPSA) is 38.1 Å². The predicted molar refractivity (Wildman–Crippen MR) is 68.5 cm³/mol. The maximum Gasteiger partial charge on any atom is 0.416 e. The molecule has 2 aromatic rings. The Labute approximate surface area is 114 Å². The van der Waals surface area contributed by atoms with Crippen LogP contribution in [-0.2, 0) is 6.18 Å². The number of piperidine rings is 1. The Morgan fingerprint density at radius 2 is 2.10 bits per heavy atom. The molecule has 0 amide bonds. The van der Waals surface area contributed by atoms with Crippen LogP contribution in [0.5, 0.6) is 0 Å². The Morgan fingerprint density at radius 1 is 1.30 bits per heavy atom. The summed E-state index contributed by atoms with van der Waals surface area (Å²) in [5.74, 6) is 0.659. The molecule has 108 valence electrons. The summed E-state index contributed by atoms with van der Waals surface area (Å²) in [4.78, 5) is 4.23. The van der Waals surface area contributed by atoms with Crippen molar-refractivity contribution in [3.63, 3.8) is 0 Å². The Kier molecular flexibility index (Phi) is 3.20. The average molecular weight is 284 g/mol. The van der Waals surface area contributed by atoms with E-state index in [-0.39, 0.29) is 11.4 Å². The molecule has 2 atom stereocenters. The van der Waals surface area contributed by atoms with Crippen LogP contribution in [0.15, 0.2) is 22.6 Å². The minimum absolute atomic E-state index is 0.132. The first kappa shape index (κ1) is 13.4. The molecule has 1 saturated heterocycles. The SMILES string of the molecule is CC1CCC(c2nc3cc(C(F)(F)F)ccc3o2)CN1. The summed E-state index contributed by atoms with van der Waals surface area (Å²) in [5.41, 5.74) is -0.0136. The summed E-state index contributed by atoms with van der Waals surface area (Å²) in [6.07, 6.45) is -2.40. The summed E-state index contributed by atoms with van der Waals surface area (Å²) in [7, 11) is 0. The van der Waals surface area contributed by atoms with Crippen molar-refractivity contribution in [2.75, 3.05) is 6.54 Å². The summed E-state index contributed by atoms with van der Waals surface area (Å²) < 4.78 is 43.5. The van der Waals surface area contributed by atoms with Gasteiger partial charge in [-0.1, -0.05) is 0 Å². The van der Waals surface area contributed by atoms with E-state index in [0.717, 1.165) is 31.5 Å². The first-order valence-corrected chi connectivity index (χ1v) is 6.64. The monoisotopic (exact) mass is 284 g/mol. The van der Waals surface area contributed by atoms with Gasteiger partial charge in [-0.2, -0.15) is 13.2 Å². The van der Waals surface area contributed by atoms with Crippen molar-refractivity contribution in [2.24, 2.45) is 0 Å². The van der Waals surface area contributed by atoms with Gasteiger partial charge in [-0.15, -0.1) is 0 Å². The number of oxazole rings is 1. The van der Waals surface area contributed by atoms with Gasteiger partial charge in [0.1, 0.15) is 5.52 Å². The molecule has 1 N–H and O–H groups in total. The third-order valence-corrected chi connectivity index (χ3v) is 3.74. The van der Waals surface area contributed by atoms with Crippen LogP contribution >= 0.6 is 0 Å². The molecule has 3 rings (SSSR count). The Hall–Kier alpha value is -1.56. The Morgan fingerprint density at radius 3 is 2.75 bits per heavy atom. The van der Waals surface area contributed by atoms with E-state index in [9.17, 15) is 13.2 Å². The van der Waals surface area contributed by atoms with Crippen molar-refractivity contribution in [1.29, 1.82) is 0 Å². The third-order valence-electron chi connectivity index (χ3n) is 3.74. The van der Waals surface area contributed by atoms with Crippen LogP contribution in [0.25, 0.3) is 11.1 Å². The fraction of sp³-hybridized carbons (Fsp3) is 0.500. The molecular weight excluding hydrogens is 269 g/mol. The van der Waals surface area contributed by atoms with Gasteiger partial charge in [-0.05, 0) is 38.0 Å². The van der Waals surface area contributed by atoms with Crippen molar-refractivity contribution in [3.05, 3.63) is 29.7 Å². The molecule has 1 fully saturated rings. The number of alkyl halides is 3. The van der Waals surface area contributed by atoms with Crippen molar-refractivity contribution >= 4 is 11.1 Å². The lowest BCUT2D eigenvalue weighted by atomic mass is 9.95. The molecule has 0 spiro atoms. The molecule has 2 unspecified atom stereocenters. The number of hydrogen-bond acceptors (Lipinski definition) is 3. The second-order valence-electron chi connectivity index (χ2n) is 5.32. The largest absolute Gasteiger partial charge is 0.440 e. The van der Waals surface area contributed by atoms with Crippen LogP contribution in [0.2, 0.25) is 0 Å². The maximum absolute atomic E-state index is 12.7. The van der Waals surface area contributed by atoms with Gasteiger partial charge >= 0.3 is 6.18 Å². The van der Waals surface area contributed by atoms with E-state index in [1.54, 1.807) is 0 Å². The van der Waals surface area contributed by atoms with E-state index < -0.39 is 11.7 Å². The zero-order chi connectivity index (χ0) is 14.3. The molecule has 0 radical (unpaired) electrons. The molecule has 1 aromatic carbocycles. The highest BCUT2D eigenvalue weighted by atomic mass is 19.4. The second-order valence-corrected chi connectivity index (χ2v) is 5.32. The van der Waals surface area contributed by atoms with Crippen LogP contribution in [0, 0.1) is 0 Å². The van der Waals surface area contributed by atoms with Gasteiger partial charge in [0.05, 0.1) is 5.56 Å². The van der Waals surface area contributed by atoms with Crippen LogP contribution in [0.1, 0.15) is 37.1 Å². The fourth-order valence-electron chi connectivity index (χ4n) is 2.51. The number of nitrogens with one attached hydrogen (secondary N) is 1. The molecule has 3 nitrogen and oxygen atoms in total. The molecule has 2 heterocycles. The number of benzene rings is 1. The lowest BCUT2D eigenvalue weighted by molar-refractivity contribution is -0.137. The van der Waals surface area contributed by atoms with Gasteiger partial charge < -0.3 is 9.73 Å². The molecule has 1 aliphatic heterocycles. The highest BCUT2D eigenvalue weighted by Crippen LogP contribution is 2.33. The van der Waals surface area contributed by atoms with Crippen LogP contribution in [0.3, 0.4) is 0 Å². The van der Waals surface area contributed by atoms with Gasteiger partial charge in [0.2, 0.25) is 0 Å². The van der Waals surface area contributed by atoms with Crippen LogP contribution in [-0.4, -0.2) is 17.6 Å². The normalized spacial score (nSPS) is 24.2. The Bertz CT molecular complexity index is 612. The first-order chi connectivity index (χ1) is 9.43. The number of fused-ring (bicyclic) bond motifs is 1. The molecule has 0 bridgehead atoms. The standard InChI is InChI=1S/C14H15F3N2O/c1-8-2-3-9(7-18-8)13-19-11-6-10(14(15,16)17)4-5-12(11)20-13/h4-6,8-9,18H,2-3,7H2,1H3. The zero-order valence-electron chi connectivity index (χ0n) is 11.0. The highest BCUT2D eigenvalue weighted by Gasteiger charge is 2.31. The van der Waals surface area contributed by atoms with E-state index >= 15 is 0 Å². The number of rotatable bonds is 1. The van der Waals surface area contributed by atoms with Gasteiger partial charge in [-0.3, -0.25) is 0 Å². The summed E-state index contributed by atoms with van der Waals surface area (Å²) in [5, 5.41) is 3.33. The van der Waals surface area contributed by atoms with Crippen molar-refractivity contribution < 1.29 is 17.6 Å². The van der Waals surface area contributed by atoms with E-state index in [1.165, 1.54) is 6.07 Å². The number of aromatic nitrogens is 1. The number of nitrogens with zero attached hydrogens (tertiary/aromatic N) is 1. The zero-order valence-corrected chi connectivity index (χ0v) is 11.0. The fourth-order valence-corrected chi connectivity index (χ4v) is 2.51. The summed E-state index contributed by atoms with van der Waals surface area (Å²) in [6.45, 7) is 2.86. The quantitative estimate of drug-likeness (QED) is 0.867. The van der Waals surface area contributed by atoms with E-state index in [1.807, 2.05) is 0 Å². The van der Waals surface area contributed by atoms with Crippen molar-refractivity contribution in [1.82, 2.24) is 10.3 Å². The van der Waals surface area contributed by atoms with Crippen LogP contribution < -0.4 is 5.32 Å². The molecule has 1 aromatic heterocycles. The molecule has 6 heteroatoms. The molecular formula is C14H15F3N2O. The molecule has 1 aliphatic rings. The van der Waals surface area contributed by atoms with Gasteiger partial charge in [0.15, 0.2) is 11.5 Å². The van der Waals surface area contributed by atoms with Gasteiger partial charge in [0.25, 0.3) is 0 Å². The first-order valence-electron chi connectivity index (χ1n) is 6.64. The minimum atomic E-state index is -4.35. The highest BCUT2D eigenvalue weighted by molar-refractivity contribution is 5.73. The van der Waals surface area contributed by atoms with Gasteiger partial charge in [-0.25, -0.2) is 4.98 Å². The van der Waals surface area contributed by atoms with Crippen LogP contribution in [0.4, 0.5) is 13.2 Å². The Balaban J connectivity index is 1.91. The summed E-state index contributed by atoms with van der Waals surface area (Å²) in [6, 6.07) is 3.88. The minimum Gasteiger partial charge on any atom is -0.440 e. The van der Waals surface area contributed by atoms with E-state index in [0.29, 0.717) is 17.5 Å².